The highest BCUT2D eigenvalue weighted by Gasteiger charge is 2.19. The lowest BCUT2D eigenvalue weighted by atomic mass is 9.97. The Morgan fingerprint density at radius 3 is 2.50 bits per heavy atom. The molecule has 0 aromatic carbocycles. The SMILES string of the molecule is CNCC1CCN(Cc2csc(C(C)C)n2)CC1.Cl.Cl. The molecule has 20 heavy (non-hydrogen) atoms. The van der Waals surface area contributed by atoms with Gasteiger partial charge >= 0.3 is 0 Å². The predicted octanol–water partition coefficient (Wildman–Crippen LogP) is 3.54. The van der Waals surface area contributed by atoms with Gasteiger partial charge in [-0.05, 0) is 45.4 Å². The number of hydrogen-bond donors (Lipinski definition) is 1. The zero-order valence-electron chi connectivity index (χ0n) is 12.6. The molecule has 0 amide bonds. The molecule has 2 rings (SSSR count). The number of aromatic nitrogens is 1. The van der Waals surface area contributed by atoms with Crippen molar-refractivity contribution in [3.63, 3.8) is 0 Å². The van der Waals surface area contributed by atoms with Crippen LogP contribution in [0.3, 0.4) is 0 Å². The molecule has 1 aromatic heterocycles. The number of thiazole rings is 1. The monoisotopic (exact) mass is 339 g/mol. The molecule has 0 unspecified atom stereocenters. The molecule has 118 valence electrons. The lowest BCUT2D eigenvalue weighted by molar-refractivity contribution is 0.175. The summed E-state index contributed by atoms with van der Waals surface area (Å²) < 4.78 is 0. The van der Waals surface area contributed by atoms with Crippen LogP contribution in [0.5, 0.6) is 0 Å². The third-order valence-electron chi connectivity index (χ3n) is 3.65. The van der Waals surface area contributed by atoms with E-state index in [0.717, 1.165) is 12.5 Å². The van der Waals surface area contributed by atoms with Gasteiger partial charge in [-0.15, -0.1) is 36.2 Å². The van der Waals surface area contributed by atoms with Crippen LogP contribution in [0.2, 0.25) is 0 Å². The average Bonchev–Trinajstić information content (AvgIpc) is 2.81. The van der Waals surface area contributed by atoms with Gasteiger partial charge in [0, 0.05) is 17.8 Å². The summed E-state index contributed by atoms with van der Waals surface area (Å²) in [5.41, 5.74) is 1.26. The van der Waals surface area contributed by atoms with Gasteiger partial charge in [-0.1, -0.05) is 13.8 Å². The molecular weight excluding hydrogens is 313 g/mol. The van der Waals surface area contributed by atoms with Crippen molar-refractivity contribution in [2.75, 3.05) is 26.7 Å². The van der Waals surface area contributed by atoms with Gasteiger partial charge in [-0.2, -0.15) is 0 Å². The van der Waals surface area contributed by atoms with E-state index in [9.17, 15) is 0 Å². The summed E-state index contributed by atoms with van der Waals surface area (Å²) in [7, 11) is 2.05. The Balaban J connectivity index is 0.00000180. The maximum absolute atomic E-state index is 4.72. The molecule has 2 heterocycles. The minimum Gasteiger partial charge on any atom is -0.319 e. The standard InChI is InChI=1S/C14H25N3S.2ClH/c1-11(2)14-16-13(10-18-14)9-17-6-4-12(5-7-17)8-15-3;;/h10-12,15H,4-9H2,1-3H3;2*1H. The highest BCUT2D eigenvalue weighted by Crippen LogP contribution is 2.22. The third-order valence-corrected chi connectivity index (χ3v) is 4.84. The molecule has 6 heteroatoms. The Bertz CT molecular complexity index is 363. The Morgan fingerprint density at radius 2 is 2.00 bits per heavy atom. The van der Waals surface area contributed by atoms with E-state index < -0.39 is 0 Å². The second-order valence-corrected chi connectivity index (χ2v) is 6.50. The fourth-order valence-corrected chi connectivity index (χ4v) is 3.35. The lowest BCUT2D eigenvalue weighted by Crippen LogP contribution is -2.36. The van der Waals surface area contributed by atoms with Crippen LogP contribution >= 0.6 is 36.2 Å². The predicted molar refractivity (Wildman–Crippen MR) is 92.6 cm³/mol. The number of hydrogen-bond acceptors (Lipinski definition) is 4. The maximum Gasteiger partial charge on any atom is 0.0954 e. The molecule has 1 aromatic rings. The maximum atomic E-state index is 4.72. The van der Waals surface area contributed by atoms with Crippen LogP contribution in [-0.4, -0.2) is 36.6 Å². The van der Waals surface area contributed by atoms with Crippen molar-refractivity contribution in [1.29, 1.82) is 0 Å². The summed E-state index contributed by atoms with van der Waals surface area (Å²) in [6.45, 7) is 9.08. The summed E-state index contributed by atoms with van der Waals surface area (Å²) in [5.74, 6) is 1.43. The summed E-state index contributed by atoms with van der Waals surface area (Å²) in [5, 5.41) is 6.79. The van der Waals surface area contributed by atoms with E-state index in [1.54, 1.807) is 0 Å². The molecule has 3 nitrogen and oxygen atoms in total. The highest BCUT2D eigenvalue weighted by molar-refractivity contribution is 7.09. The summed E-state index contributed by atoms with van der Waals surface area (Å²) in [4.78, 5) is 7.27. The fourth-order valence-electron chi connectivity index (χ4n) is 2.53. The first-order valence-corrected chi connectivity index (χ1v) is 7.88. The highest BCUT2D eigenvalue weighted by atomic mass is 35.5. The first-order chi connectivity index (χ1) is 8.69. The van der Waals surface area contributed by atoms with Crippen molar-refractivity contribution in [1.82, 2.24) is 15.2 Å². The molecule has 0 atom stereocenters. The quantitative estimate of drug-likeness (QED) is 0.889. The largest absolute Gasteiger partial charge is 0.319 e. The first-order valence-electron chi connectivity index (χ1n) is 7.00. The van der Waals surface area contributed by atoms with Gasteiger partial charge in [0.1, 0.15) is 0 Å². The normalized spacial score (nSPS) is 16.8. The zero-order chi connectivity index (χ0) is 13.0. The van der Waals surface area contributed by atoms with Gasteiger partial charge in [-0.3, -0.25) is 4.90 Å². The van der Waals surface area contributed by atoms with Crippen molar-refractivity contribution in [2.24, 2.45) is 5.92 Å². The molecule has 1 aliphatic rings. The Kier molecular flexibility index (Phi) is 10.0. The van der Waals surface area contributed by atoms with E-state index in [2.05, 4.69) is 36.5 Å². The van der Waals surface area contributed by atoms with Crippen molar-refractivity contribution in [3.8, 4) is 0 Å². The van der Waals surface area contributed by atoms with Gasteiger partial charge < -0.3 is 5.32 Å². The van der Waals surface area contributed by atoms with Crippen LogP contribution in [0.25, 0.3) is 0 Å². The van der Waals surface area contributed by atoms with Crippen LogP contribution in [-0.2, 0) is 6.54 Å². The number of rotatable bonds is 5. The Labute approximate surface area is 139 Å². The fraction of sp³-hybridized carbons (Fsp3) is 0.786. The van der Waals surface area contributed by atoms with E-state index in [1.165, 1.54) is 43.2 Å². The van der Waals surface area contributed by atoms with Crippen LogP contribution < -0.4 is 5.32 Å². The Hall–Kier alpha value is 0.130. The van der Waals surface area contributed by atoms with Crippen molar-refractivity contribution in [2.45, 2.75) is 39.2 Å². The second kappa shape index (κ2) is 9.96. The van der Waals surface area contributed by atoms with Crippen LogP contribution in [0.4, 0.5) is 0 Å². The second-order valence-electron chi connectivity index (χ2n) is 5.61. The van der Waals surface area contributed by atoms with E-state index in [4.69, 9.17) is 4.98 Å². The van der Waals surface area contributed by atoms with E-state index in [0.29, 0.717) is 5.92 Å². The van der Waals surface area contributed by atoms with Gasteiger partial charge in [0.05, 0.1) is 10.7 Å². The molecule has 1 saturated heterocycles. The van der Waals surface area contributed by atoms with Gasteiger partial charge in [0.2, 0.25) is 0 Å². The summed E-state index contributed by atoms with van der Waals surface area (Å²) in [6, 6.07) is 0. The topological polar surface area (TPSA) is 28.2 Å². The average molecular weight is 340 g/mol. The number of halogens is 2. The third kappa shape index (κ3) is 5.86. The molecule has 1 N–H and O–H groups in total. The Morgan fingerprint density at radius 1 is 1.35 bits per heavy atom. The molecule has 0 spiro atoms. The minimum atomic E-state index is 0. The molecule has 0 saturated carbocycles. The van der Waals surface area contributed by atoms with Crippen LogP contribution in [0.1, 0.15) is 43.3 Å². The van der Waals surface area contributed by atoms with Gasteiger partial charge in [0.25, 0.3) is 0 Å². The first kappa shape index (κ1) is 20.1. The summed E-state index contributed by atoms with van der Waals surface area (Å²) in [6.07, 6.45) is 2.64. The summed E-state index contributed by atoms with van der Waals surface area (Å²) >= 11 is 1.81. The molecule has 0 radical (unpaired) electrons. The zero-order valence-corrected chi connectivity index (χ0v) is 15.0. The molecule has 0 bridgehead atoms. The van der Waals surface area contributed by atoms with Crippen LogP contribution in [0, 0.1) is 5.92 Å². The minimum absolute atomic E-state index is 0. The number of piperidine rings is 1. The molecule has 1 fully saturated rings. The van der Waals surface area contributed by atoms with Crippen molar-refractivity contribution in [3.05, 3.63) is 16.1 Å². The van der Waals surface area contributed by atoms with Crippen molar-refractivity contribution < 1.29 is 0 Å². The molecule has 1 aliphatic heterocycles. The van der Waals surface area contributed by atoms with E-state index in [-0.39, 0.29) is 24.8 Å². The lowest BCUT2D eigenvalue weighted by Gasteiger charge is -2.31. The number of likely N-dealkylation sites (tertiary alicyclic amines) is 1. The molecule has 0 aliphatic carbocycles. The van der Waals surface area contributed by atoms with Gasteiger partial charge in [-0.25, -0.2) is 4.98 Å². The van der Waals surface area contributed by atoms with E-state index >= 15 is 0 Å². The van der Waals surface area contributed by atoms with Gasteiger partial charge in [0.15, 0.2) is 0 Å². The number of nitrogens with one attached hydrogen (secondary N) is 1. The van der Waals surface area contributed by atoms with E-state index in [1.807, 2.05) is 11.3 Å². The van der Waals surface area contributed by atoms with Crippen molar-refractivity contribution >= 4 is 36.2 Å². The number of nitrogens with zero attached hydrogens (tertiary/aromatic N) is 2. The van der Waals surface area contributed by atoms with Crippen LogP contribution in [0.15, 0.2) is 5.38 Å². The molecular formula is C14H27Cl2N3S. The smallest absolute Gasteiger partial charge is 0.0954 e.